The first-order chi connectivity index (χ1) is 19.4. The van der Waals surface area contributed by atoms with Crippen LogP contribution in [0.5, 0.6) is 5.75 Å². The van der Waals surface area contributed by atoms with Crippen molar-refractivity contribution in [3.05, 3.63) is 71.9 Å². The number of thiophene rings is 1. The predicted molar refractivity (Wildman–Crippen MR) is 147 cm³/mol. The van der Waals surface area contributed by atoms with E-state index in [2.05, 4.69) is 14.7 Å². The summed E-state index contributed by atoms with van der Waals surface area (Å²) in [6, 6.07) is 12.3. The molecule has 0 aliphatic heterocycles. The molecule has 0 saturated heterocycles. The lowest BCUT2D eigenvalue weighted by Crippen LogP contribution is -2.40. The van der Waals surface area contributed by atoms with E-state index >= 15 is 0 Å². The van der Waals surface area contributed by atoms with Crippen LogP contribution >= 0.6 is 11.3 Å². The maximum Gasteiger partial charge on any atom is 0.433 e. The molecule has 0 bridgehead atoms. The molecular formula is C28H25F6N3O3S2. The van der Waals surface area contributed by atoms with Crippen molar-refractivity contribution in [2.24, 2.45) is 0 Å². The fourth-order valence-electron chi connectivity index (χ4n) is 3.93. The van der Waals surface area contributed by atoms with E-state index in [1.54, 1.807) is 39.0 Å². The number of nitrogens with one attached hydrogen (secondary N) is 1. The second kappa shape index (κ2) is 11.3. The smallest absolute Gasteiger partial charge is 0.433 e. The van der Waals surface area contributed by atoms with Gasteiger partial charge in [-0.3, -0.25) is 0 Å². The van der Waals surface area contributed by atoms with Crippen LogP contribution in [-0.2, 0) is 22.4 Å². The van der Waals surface area contributed by atoms with Gasteiger partial charge in [0.1, 0.15) is 15.7 Å². The first-order valence-electron chi connectivity index (χ1n) is 12.4. The summed E-state index contributed by atoms with van der Waals surface area (Å²) in [5.74, 6) is -0.613. The van der Waals surface area contributed by atoms with E-state index in [0.29, 0.717) is 22.6 Å². The van der Waals surface area contributed by atoms with Gasteiger partial charge in [-0.1, -0.05) is 18.2 Å². The first-order valence-corrected chi connectivity index (χ1v) is 14.7. The van der Waals surface area contributed by atoms with Gasteiger partial charge in [-0.05, 0) is 75.7 Å². The Morgan fingerprint density at radius 3 is 2.17 bits per heavy atom. The maximum atomic E-state index is 13.9. The van der Waals surface area contributed by atoms with E-state index < -0.39 is 39.2 Å². The van der Waals surface area contributed by atoms with Crippen LogP contribution in [0.1, 0.15) is 39.0 Å². The summed E-state index contributed by atoms with van der Waals surface area (Å²) in [6.45, 7) is 6.60. The number of benzene rings is 2. The zero-order valence-electron chi connectivity index (χ0n) is 22.7. The van der Waals surface area contributed by atoms with E-state index in [4.69, 9.17) is 4.74 Å². The third-order valence-corrected chi connectivity index (χ3v) is 8.98. The highest BCUT2D eigenvalue weighted by Crippen LogP contribution is 2.40. The average molecular weight is 630 g/mol. The summed E-state index contributed by atoms with van der Waals surface area (Å²) in [5.41, 5.74) is -2.72. The lowest BCUT2D eigenvalue weighted by Gasteiger charge is -2.19. The molecule has 1 N–H and O–H groups in total. The number of nitrogens with zero attached hydrogens (tertiary/aromatic N) is 2. The molecule has 2 aromatic carbocycles. The van der Waals surface area contributed by atoms with E-state index in [1.807, 2.05) is 0 Å². The lowest BCUT2D eigenvalue weighted by molar-refractivity contribution is -0.141. The highest BCUT2D eigenvalue weighted by molar-refractivity contribution is 7.91. The molecule has 0 aliphatic carbocycles. The standard InChI is InChI=1S/C28H25F6N3O3S2/c1-5-40-21-14-18(27(29,30)31)9-10-19(21)20-15-23(28(32,33)34)36-25(35-20)17-8-6-7-16(13-17)22-11-12-24(41-22)42(38,39)37-26(2,3)4/h6-15,37H,5H2,1-4H3. The first kappa shape index (κ1) is 31.4. The van der Waals surface area contributed by atoms with Crippen molar-refractivity contribution < 1.29 is 39.5 Å². The molecule has 2 aromatic heterocycles. The van der Waals surface area contributed by atoms with Crippen LogP contribution in [-0.4, -0.2) is 30.5 Å². The van der Waals surface area contributed by atoms with Crippen LogP contribution in [0.25, 0.3) is 33.1 Å². The fourth-order valence-corrected chi connectivity index (χ4v) is 6.65. The molecule has 0 unspecified atom stereocenters. The van der Waals surface area contributed by atoms with Gasteiger partial charge in [0.15, 0.2) is 5.82 Å². The molecular weight excluding hydrogens is 604 g/mol. The summed E-state index contributed by atoms with van der Waals surface area (Å²) < 4.78 is 115. The SMILES string of the molecule is CCOc1cc(C(F)(F)F)ccc1-c1cc(C(F)(F)F)nc(-c2cccc(-c3ccc(S(=O)(=O)NC(C)(C)C)s3)c2)n1. The summed E-state index contributed by atoms with van der Waals surface area (Å²) in [6.07, 6.45) is -9.58. The molecule has 2 heterocycles. The van der Waals surface area contributed by atoms with Crippen molar-refractivity contribution >= 4 is 21.4 Å². The minimum absolute atomic E-state index is 0.0375. The number of hydrogen-bond donors (Lipinski definition) is 1. The lowest BCUT2D eigenvalue weighted by atomic mass is 10.0. The minimum Gasteiger partial charge on any atom is -0.493 e. The van der Waals surface area contributed by atoms with Crippen molar-refractivity contribution in [2.45, 2.75) is 49.8 Å². The van der Waals surface area contributed by atoms with Gasteiger partial charge >= 0.3 is 12.4 Å². The van der Waals surface area contributed by atoms with E-state index in [9.17, 15) is 34.8 Å². The second-order valence-corrected chi connectivity index (χ2v) is 13.1. The summed E-state index contributed by atoms with van der Waals surface area (Å²) in [4.78, 5) is 8.49. The van der Waals surface area contributed by atoms with Crippen LogP contribution < -0.4 is 9.46 Å². The summed E-state index contributed by atoms with van der Waals surface area (Å²) in [7, 11) is -3.81. The van der Waals surface area contributed by atoms with Crippen LogP contribution in [0.15, 0.2) is 64.9 Å². The van der Waals surface area contributed by atoms with Gasteiger partial charge in [-0.2, -0.15) is 26.3 Å². The molecule has 0 fully saturated rings. The van der Waals surface area contributed by atoms with Crippen LogP contribution in [0.2, 0.25) is 0 Å². The van der Waals surface area contributed by atoms with Crippen LogP contribution in [0, 0.1) is 0 Å². The van der Waals surface area contributed by atoms with Gasteiger partial charge in [0.2, 0.25) is 0 Å². The Morgan fingerprint density at radius 1 is 0.857 bits per heavy atom. The minimum atomic E-state index is -4.89. The van der Waals surface area contributed by atoms with Gasteiger partial charge in [0.25, 0.3) is 10.0 Å². The molecule has 42 heavy (non-hydrogen) atoms. The van der Waals surface area contributed by atoms with E-state index in [-0.39, 0.29) is 39.2 Å². The van der Waals surface area contributed by atoms with Gasteiger partial charge in [0, 0.05) is 21.5 Å². The van der Waals surface area contributed by atoms with Crippen molar-refractivity contribution in [3.8, 4) is 38.8 Å². The highest BCUT2D eigenvalue weighted by Gasteiger charge is 2.35. The number of rotatable bonds is 7. The Hall–Kier alpha value is -3.49. The fraction of sp³-hybridized carbons (Fsp3) is 0.286. The Bertz CT molecular complexity index is 1710. The molecule has 0 aliphatic rings. The van der Waals surface area contributed by atoms with E-state index in [0.717, 1.165) is 23.5 Å². The van der Waals surface area contributed by atoms with Gasteiger partial charge in [-0.15, -0.1) is 11.3 Å². The predicted octanol–water partition coefficient (Wildman–Crippen LogP) is 8.05. The Labute approximate surface area is 242 Å². The molecule has 0 amide bonds. The molecule has 0 radical (unpaired) electrons. The van der Waals surface area contributed by atoms with Crippen LogP contribution in [0.4, 0.5) is 26.3 Å². The zero-order chi connectivity index (χ0) is 31.1. The number of aromatic nitrogens is 2. The Kier molecular flexibility index (Phi) is 8.46. The molecule has 0 atom stereocenters. The number of hydrogen-bond acceptors (Lipinski definition) is 6. The Balaban J connectivity index is 1.81. The molecule has 224 valence electrons. The van der Waals surface area contributed by atoms with Crippen molar-refractivity contribution in [3.63, 3.8) is 0 Å². The maximum absolute atomic E-state index is 13.9. The Morgan fingerprint density at radius 2 is 1.55 bits per heavy atom. The van der Waals surface area contributed by atoms with Crippen molar-refractivity contribution in [1.29, 1.82) is 0 Å². The number of sulfonamides is 1. The molecule has 14 heteroatoms. The number of alkyl halides is 6. The summed E-state index contributed by atoms with van der Waals surface area (Å²) >= 11 is 0.976. The van der Waals surface area contributed by atoms with Gasteiger partial charge in [0.05, 0.1) is 17.9 Å². The molecule has 4 aromatic rings. The highest BCUT2D eigenvalue weighted by atomic mass is 32.2. The molecule has 0 saturated carbocycles. The van der Waals surface area contributed by atoms with Crippen molar-refractivity contribution in [1.82, 2.24) is 14.7 Å². The van der Waals surface area contributed by atoms with Gasteiger partial charge < -0.3 is 4.74 Å². The monoisotopic (exact) mass is 629 g/mol. The number of halogens is 6. The molecule has 6 nitrogen and oxygen atoms in total. The van der Waals surface area contributed by atoms with Crippen molar-refractivity contribution in [2.75, 3.05) is 6.61 Å². The molecule has 4 rings (SSSR count). The zero-order valence-corrected chi connectivity index (χ0v) is 24.3. The largest absolute Gasteiger partial charge is 0.493 e. The van der Waals surface area contributed by atoms with E-state index in [1.165, 1.54) is 25.1 Å². The summed E-state index contributed by atoms with van der Waals surface area (Å²) in [5, 5.41) is 0. The molecule has 0 spiro atoms. The third kappa shape index (κ3) is 7.28. The third-order valence-electron chi connectivity index (χ3n) is 5.59. The topological polar surface area (TPSA) is 81.2 Å². The average Bonchev–Trinajstić information content (AvgIpc) is 3.38. The normalized spacial score (nSPS) is 12.9. The quantitative estimate of drug-likeness (QED) is 0.209. The second-order valence-electron chi connectivity index (χ2n) is 10.2. The number of ether oxygens (including phenoxy) is 1. The van der Waals surface area contributed by atoms with Gasteiger partial charge in [-0.25, -0.2) is 23.1 Å². The van der Waals surface area contributed by atoms with Crippen LogP contribution in [0.3, 0.4) is 0 Å².